The number of rotatable bonds is 4. The first-order chi connectivity index (χ1) is 8.08. The predicted molar refractivity (Wildman–Crippen MR) is 63.3 cm³/mol. The largest absolute Gasteiger partial charge is 0.467 e. The van der Waals surface area contributed by atoms with Crippen molar-refractivity contribution in [2.24, 2.45) is 5.73 Å². The molecule has 0 unspecified atom stereocenters. The van der Waals surface area contributed by atoms with E-state index < -0.39 is 12.0 Å². The summed E-state index contributed by atoms with van der Waals surface area (Å²) in [6, 6.07) is 6.22. The quantitative estimate of drug-likeness (QED) is 0.743. The Morgan fingerprint density at radius 3 is 2.41 bits per heavy atom. The summed E-state index contributed by atoms with van der Waals surface area (Å²) in [5.74, 6) is -0.789. The van der Waals surface area contributed by atoms with Crippen LogP contribution in [0.3, 0.4) is 0 Å². The number of nitrogens with one attached hydrogen (secondary N) is 1. The van der Waals surface area contributed by atoms with Crippen LogP contribution in [-0.4, -0.2) is 25.0 Å². The highest BCUT2D eigenvalue weighted by atomic mass is 16.5. The van der Waals surface area contributed by atoms with Gasteiger partial charge in [0.1, 0.15) is 6.04 Å². The van der Waals surface area contributed by atoms with Crippen LogP contribution < -0.4 is 11.1 Å². The minimum atomic E-state index is -0.665. The Morgan fingerprint density at radius 2 is 1.94 bits per heavy atom. The molecule has 5 heteroatoms. The Morgan fingerprint density at radius 1 is 1.35 bits per heavy atom. The third-order valence-electron chi connectivity index (χ3n) is 2.35. The molecule has 5 nitrogen and oxygen atoms in total. The number of amides is 1. The number of hydrogen-bond donors (Lipinski definition) is 2. The second-order valence-electron chi connectivity index (χ2n) is 3.62. The maximum absolute atomic E-state index is 11.7. The molecule has 0 aliphatic rings. The van der Waals surface area contributed by atoms with E-state index in [0.29, 0.717) is 12.1 Å². The molecule has 1 aromatic rings. The third-order valence-corrected chi connectivity index (χ3v) is 2.35. The Kier molecular flexibility index (Phi) is 4.66. The molecule has 17 heavy (non-hydrogen) atoms. The summed E-state index contributed by atoms with van der Waals surface area (Å²) in [4.78, 5) is 22.9. The zero-order chi connectivity index (χ0) is 12.8. The number of carbonyl (C=O) groups excluding carboxylic acids is 2. The summed E-state index contributed by atoms with van der Waals surface area (Å²) in [5, 5.41) is 2.54. The average molecular weight is 236 g/mol. The zero-order valence-electron chi connectivity index (χ0n) is 9.90. The van der Waals surface area contributed by atoms with E-state index in [1.54, 1.807) is 31.2 Å². The molecular weight excluding hydrogens is 220 g/mol. The number of esters is 1. The molecule has 1 atom stereocenters. The molecule has 0 aromatic heterocycles. The van der Waals surface area contributed by atoms with Gasteiger partial charge in [0.15, 0.2) is 0 Å². The van der Waals surface area contributed by atoms with Crippen LogP contribution in [0, 0.1) is 0 Å². The molecule has 0 saturated carbocycles. The van der Waals surface area contributed by atoms with Crippen molar-refractivity contribution in [2.45, 2.75) is 19.5 Å². The summed E-state index contributed by atoms with van der Waals surface area (Å²) in [5.41, 5.74) is 6.88. The van der Waals surface area contributed by atoms with Crippen LogP contribution in [0.1, 0.15) is 22.8 Å². The van der Waals surface area contributed by atoms with Gasteiger partial charge in [-0.15, -0.1) is 0 Å². The lowest BCUT2D eigenvalue weighted by molar-refractivity contribution is -0.142. The lowest BCUT2D eigenvalue weighted by Gasteiger charge is -2.11. The lowest BCUT2D eigenvalue weighted by atomic mass is 10.1. The molecule has 0 saturated heterocycles. The molecule has 1 amide bonds. The molecule has 1 aromatic carbocycles. The molecule has 0 aliphatic heterocycles. The second kappa shape index (κ2) is 6.00. The normalized spacial score (nSPS) is 11.7. The van der Waals surface area contributed by atoms with Crippen LogP contribution in [-0.2, 0) is 16.1 Å². The molecule has 92 valence electrons. The Balaban J connectivity index is 2.66. The van der Waals surface area contributed by atoms with Gasteiger partial charge < -0.3 is 15.8 Å². The second-order valence-corrected chi connectivity index (χ2v) is 3.62. The standard InChI is InChI=1S/C12H16N2O3/c1-8(12(16)17-2)14-11(15)10-5-3-9(7-13)4-6-10/h3-6,8H,7,13H2,1-2H3,(H,14,15)/t8-/m0/s1. The van der Waals surface area contributed by atoms with E-state index in [9.17, 15) is 9.59 Å². The van der Waals surface area contributed by atoms with Crippen molar-refractivity contribution in [3.63, 3.8) is 0 Å². The maximum atomic E-state index is 11.7. The van der Waals surface area contributed by atoms with Gasteiger partial charge in [0, 0.05) is 12.1 Å². The smallest absolute Gasteiger partial charge is 0.328 e. The van der Waals surface area contributed by atoms with Crippen LogP contribution >= 0.6 is 0 Å². The van der Waals surface area contributed by atoms with E-state index in [2.05, 4.69) is 10.1 Å². The molecule has 0 bridgehead atoms. The molecule has 3 N–H and O–H groups in total. The van der Waals surface area contributed by atoms with E-state index in [0.717, 1.165) is 5.56 Å². The first-order valence-corrected chi connectivity index (χ1v) is 5.26. The van der Waals surface area contributed by atoms with Crippen molar-refractivity contribution in [1.29, 1.82) is 0 Å². The van der Waals surface area contributed by atoms with Gasteiger partial charge in [-0.2, -0.15) is 0 Å². The van der Waals surface area contributed by atoms with Crippen molar-refractivity contribution in [3.8, 4) is 0 Å². The van der Waals surface area contributed by atoms with E-state index in [4.69, 9.17) is 5.73 Å². The van der Waals surface area contributed by atoms with Crippen molar-refractivity contribution < 1.29 is 14.3 Å². The van der Waals surface area contributed by atoms with Gasteiger partial charge in [0.25, 0.3) is 5.91 Å². The topological polar surface area (TPSA) is 81.4 Å². The maximum Gasteiger partial charge on any atom is 0.328 e. The lowest BCUT2D eigenvalue weighted by Crippen LogP contribution is -2.39. The molecule has 0 aliphatic carbocycles. The van der Waals surface area contributed by atoms with Crippen LogP contribution in [0.4, 0.5) is 0 Å². The van der Waals surface area contributed by atoms with Crippen molar-refractivity contribution >= 4 is 11.9 Å². The van der Waals surface area contributed by atoms with E-state index in [1.165, 1.54) is 7.11 Å². The minimum Gasteiger partial charge on any atom is -0.467 e. The van der Waals surface area contributed by atoms with Gasteiger partial charge in [-0.1, -0.05) is 12.1 Å². The number of ether oxygens (including phenoxy) is 1. The van der Waals surface area contributed by atoms with Gasteiger partial charge in [-0.25, -0.2) is 4.79 Å². The summed E-state index contributed by atoms with van der Waals surface area (Å²) < 4.78 is 4.52. The average Bonchev–Trinajstić information content (AvgIpc) is 2.37. The monoisotopic (exact) mass is 236 g/mol. The first kappa shape index (κ1) is 13.2. The van der Waals surface area contributed by atoms with Gasteiger partial charge in [-0.05, 0) is 24.6 Å². The van der Waals surface area contributed by atoms with Crippen molar-refractivity contribution in [1.82, 2.24) is 5.32 Å². The van der Waals surface area contributed by atoms with Crippen LogP contribution in [0.2, 0.25) is 0 Å². The number of benzene rings is 1. The summed E-state index contributed by atoms with van der Waals surface area (Å²) in [7, 11) is 1.28. The van der Waals surface area contributed by atoms with E-state index >= 15 is 0 Å². The molecule has 0 heterocycles. The highest BCUT2D eigenvalue weighted by molar-refractivity contribution is 5.96. The summed E-state index contributed by atoms with van der Waals surface area (Å²) in [6.45, 7) is 2.00. The van der Waals surface area contributed by atoms with E-state index in [-0.39, 0.29) is 5.91 Å². The molecule has 0 spiro atoms. The molecule has 0 radical (unpaired) electrons. The number of carbonyl (C=O) groups is 2. The van der Waals surface area contributed by atoms with Crippen LogP contribution in [0.5, 0.6) is 0 Å². The van der Waals surface area contributed by atoms with Gasteiger partial charge in [0.2, 0.25) is 0 Å². The Hall–Kier alpha value is -1.88. The fourth-order valence-electron chi connectivity index (χ4n) is 1.31. The van der Waals surface area contributed by atoms with Gasteiger partial charge in [-0.3, -0.25) is 4.79 Å². The molecule has 1 rings (SSSR count). The highest BCUT2D eigenvalue weighted by Crippen LogP contribution is 2.04. The van der Waals surface area contributed by atoms with Gasteiger partial charge in [0.05, 0.1) is 7.11 Å². The molecule has 0 fully saturated rings. The fourth-order valence-corrected chi connectivity index (χ4v) is 1.31. The number of methoxy groups -OCH3 is 1. The number of nitrogens with two attached hydrogens (primary N) is 1. The minimum absolute atomic E-state index is 0.313. The number of hydrogen-bond acceptors (Lipinski definition) is 4. The zero-order valence-corrected chi connectivity index (χ0v) is 9.90. The van der Waals surface area contributed by atoms with Crippen molar-refractivity contribution in [2.75, 3.05) is 7.11 Å². The Labute approximate surface area is 99.9 Å². The van der Waals surface area contributed by atoms with Crippen LogP contribution in [0.15, 0.2) is 24.3 Å². The van der Waals surface area contributed by atoms with Gasteiger partial charge >= 0.3 is 5.97 Å². The Bertz CT molecular complexity index is 401. The predicted octanol–water partition coefficient (Wildman–Crippen LogP) is 0.437. The van der Waals surface area contributed by atoms with E-state index in [1.807, 2.05) is 0 Å². The summed E-state index contributed by atoms with van der Waals surface area (Å²) in [6.07, 6.45) is 0. The summed E-state index contributed by atoms with van der Waals surface area (Å²) >= 11 is 0. The first-order valence-electron chi connectivity index (χ1n) is 5.26. The fraction of sp³-hybridized carbons (Fsp3) is 0.333. The molecular formula is C12H16N2O3. The van der Waals surface area contributed by atoms with Crippen molar-refractivity contribution in [3.05, 3.63) is 35.4 Å². The highest BCUT2D eigenvalue weighted by Gasteiger charge is 2.16. The van der Waals surface area contributed by atoms with Crippen LogP contribution in [0.25, 0.3) is 0 Å². The SMILES string of the molecule is COC(=O)[C@H](C)NC(=O)c1ccc(CN)cc1. The third kappa shape index (κ3) is 3.57.